The highest BCUT2D eigenvalue weighted by molar-refractivity contribution is 7.91. The number of nitrogens with zero attached hydrogens (tertiary/aromatic N) is 1. The van der Waals surface area contributed by atoms with E-state index >= 15 is 0 Å². The van der Waals surface area contributed by atoms with Gasteiger partial charge in [-0.05, 0) is 30.7 Å². The molecule has 2 aromatic rings. The van der Waals surface area contributed by atoms with Crippen molar-refractivity contribution in [2.45, 2.75) is 25.2 Å². The lowest BCUT2D eigenvalue weighted by Crippen LogP contribution is -2.41. The summed E-state index contributed by atoms with van der Waals surface area (Å²) in [6.07, 6.45) is -2.79. The molecule has 152 valence electrons. The van der Waals surface area contributed by atoms with Crippen molar-refractivity contribution in [1.82, 2.24) is 4.90 Å². The zero-order valence-corrected chi connectivity index (χ0v) is 15.6. The highest BCUT2D eigenvalue weighted by atomic mass is 32.2. The minimum absolute atomic E-state index is 0.0187. The average molecular weight is 416 g/mol. The van der Waals surface area contributed by atoms with Crippen molar-refractivity contribution in [3.05, 3.63) is 54.0 Å². The maximum Gasteiger partial charge on any atom is 0.418 e. The van der Waals surface area contributed by atoms with Crippen molar-refractivity contribution in [3.63, 3.8) is 0 Å². The summed E-state index contributed by atoms with van der Waals surface area (Å²) in [5.74, 6) is -0.203. The lowest BCUT2D eigenvalue weighted by molar-refractivity contribution is -0.137. The summed E-state index contributed by atoms with van der Waals surface area (Å²) in [6, 6.07) is 7.65. The second kappa shape index (κ2) is 7.96. The summed E-state index contributed by atoms with van der Waals surface area (Å²) >= 11 is 0. The fourth-order valence-corrected chi connectivity index (χ4v) is 4.96. The normalized spacial score (nSPS) is 19.1. The molecule has 0 spiro atoms. The summed E-state index contributed by atoms with van der Waals surface area (Å²) in [5.41, 5.74) is -1.28. The Hall–Kier alpha value is -2.33. The smallest absolute Gasteiger partial charge is 0.418 e. The van der Waals surface area contributed by atoms with Crippen LogP contribution in [0.3, 0.4) is 0 Å². The second-order valence-corrected chi connectivity index (χ2v) is 8.86. The number of carbonyl (C=O) groups excluding carboxylic acids is 1. The molecule has 1 aliphatic heterocycles. The van der Waals surface area contributed by atoms with Crippen molar-refractivity contribution >= 4 is 21.4 Å². The van der Waals surface area contributed by atoms with Crippen LogP contribution in [0.15, 0.2) is 47.1 Å². The van der Waals surface area contributed by atoms with Crippen LogP contribution >= 0.6 is 0 Å². The number of hydrogen-bond acceptors (Lipinski definition) is 5. The third-order valence-electron chi connectivity index (χ3n) is 4.52. The Labute approximate surface area is 160 Å². The lowest BCUT2D eigenvalue weighted by Gasteiger charge is -2.26. The minimum atomic E-state index is -4.60. The Morgan fingerprint density at radius 2 is 1.96 bits per heavy atom. The van der Waals surface area contributed by atoms with E-state index in [-0.39, 0.29) is 30.3 Å². The number of benzene rings is 1. The first-order chi connectivity index (χ1) is 13.1. The number of furan rings is 1. The molecule has 10 heteroatoms. The molecule has 0 aliphatic carbocycles. The molecule has 2 heterocycles. The van der Waals surface area contributed by atoms with Crippen molar-refractivity contribution in [3.8, 4) is 0 Å². The van der Waals surface area contributed by atoms with Gasteiger partial charge in [-0.3, -0.25) is 9.69 Å². The maximum absolute atomic E-state index is 13.1. The lowest BCUT2D eigenvalue weighted by atomic mass is 10.1. The molecule has 1 fully saturated rings. The predicted molar refractivity (Wildman–Crippen MR) is 96.3 cm³/mol. The zero-order chi connectivity index (χ0) is 20.4. The molecule has 3 rings (SSSR count). The largest absolute Gasteiger partial charge is 0.468 e. The quantitative estimate of drug-likeness (QED) is 0.783. The molecule has 0 saturated carbocycles. The van der Waals surface area contributed by atoms with Gasteiger partial charge in [-0.25, -0.2) is 8.42 Å². The molecule has 1 aliphatic rings. The molecule has 28 heavy (non-hydrogen) atoms. The number of para-hydroxylation sites is 1. The van der Waals surface area contributed by atoms with Crippen LogP contribution in [0.25, 0.3) is 0 Å². The van der Waals surface area contributed by atoms with E-state index in [9.17, 15) is 26.4 Å². The van der Waals surface area contributed by atoms with E-state index in [2.05, 4.69) is 5.32 Å². The van der Waals surface area contributed by atoms with Gasteiger partial charge in [0, 0.05) is 6.04 Å². The van der Waals surface area contributed by atoms with E-state index in [0.29, 0.717) is 12.2 Å². The number of alkyl halides is 3. The maximum atomic E-state index is 13.1. The highest BCUT2D eigenvalue weighted by Gasteiger charge is 2.35. The number of amides is 1. The van der Waals surface area contributed by atoms with Crippen molar-refractivity contribution in [2.24, 2.45) is 0 Å². The number of nitrogens with one attached hydrogen (secondary N) is 1. The van der Waals surface area contributed by atoms with Crippen LogP contribution < -0.4 is 5.32 Å². The molecule has 1 amide bonds. The second-order valence-electron chi connectivity index (χ2n) is 6.63. The van der Waals surface area contributed by atoms with E-state index < -0.39 is 33.5 Å². The van der Waals surface area contributed by atoms with E-state index in [0.717, 1.165) is 6.07 Å². The van der Waals surface area contributed by atoms with E-state index in [1.165, 1.54) is 24.5 Å². The van der Waals surface area contributed by atoms with E-state index in [1.807, 2.05) is 0 Å². The van der Waals surface area contributed by atoms with Gasteiger partial charge in [-0.15, -0.1) is 0 Å². The van der Waals surface area contributed by atoms with Crippen LogP contribution in [0.1, 0.15) is 17.7 Å². The molecule has 1 N–H and O–H groups in total. The fourth-order valence-electron chi connectivity index (χ4n) is 3.19. The van der Waals surface area contributed by atoms with Gasteiger partial charge in [0.25, 0.3) is 0 Å². The molecule has 0 unspecified atom stereocenters. The number of carbonyl (C=O) groups is 1. The van der Waals surface area contributed by atoms with Crippen molar-refractivity contribution in [2.75, 3.05) is 23.4 Å². The van der Waals surface area contributed by atoms with Gasteiger partial charge >= 0.3 is 6.18 Å². The topological polar surface area (TPSA) is 79.6 Å². The number of anilines is 1. The summed E-state index contributed by atoms with van der Waals surface area (Å²) in [5, 5.41) is 2.29. The fraction of sp³-hybridized carbons (Fsp3) is 0.389. The first-order valence-electron chi connectivity index (χ1n) is 8.57. The summed E-state index contributed by atoms with van der Waals surface area (Å²) in [4.78, 5) is 14.1. The molecule has 1 saturated heterocycles. The molecule has 0 radical (unpaired) electrons. The molecule has 1 aromatic carbocycles. The van der Waals surface area contributed by atoms with Gasteiger partial charge in [0.15, 0.2) is 9.84 Å². The summed E-state index contributed by atoms with van der Waals surface area (Å²) < 4.78 is 68.2. The Morgan fingerprint density at radius 3 is 2.57 bits per heavy atom. The van der Waals surface area contributed by atoms with Gasteiger partial charge < -0.3 is 9.73 Å². The summed E-state index contributed by atoms with van der Waals surface area (Å²) in [6.45, 7) is -0.0748. The SMILES string of the molecule is O=C(CN(Cc1ccco1)[C@@H]1CCS(=O)(=O)C1)Nc1ccccc1C(F)(F)F. The van der Waals surface area contributed by atoms with Gasteiger partial charge in [-0.1, -0.05) is 12.1 Å². The number of sulfone groups is 1. The van der Waals surface area contributed by atoms with Gasteiger partial charge in [0.05, 0.1) is 42.1 Å². The molecular formula is C18H19F3N2O4S. The average Bonchev–Trinajstić information content (AvgIpc) is 3.23. The van der Waals surface area contributed by atoms with Crippen LogP contribution in [0.4, 0.5) is 18.9 Å². The van der Waals surface area contributed by atoms with Crippen LogP contribution in [0, 0.1) is 0 Å². The van der Waals surface area contributed by atoms with Crippen molar-refractivity contribution in [1.29, 1.82) is 0 Å². The van der Waals surface area contributed by atoms with Crippen LogP contribution in [0.2, 0.25) is 0 Å². The first kappa shape index (κ1) is 20.4. The standard InChI is InChI=1S/C18H19F3N2O4S/c19-18(20,21)15-5-1-2-6-16(15)22-17(24)11-23(10-14-4-3-8-27-14)13-7-9-28(25,26)12-13/h1-6,8,13H,7,9-12H2,(H,22,24)/t13-/m1/s1. The van der Waals surface area contributed by atoms with Crippen LogP contribution in [-0.2, 0) is 27.4 Å². The third kappa shape index (κ3) is 5.14. The van der Waals surface area contributed by atoms with Gasteiger partial charge in [0.2, 0.25) is 5.91 Å². The van der Waals surface area contributed by atoms with E-state index in [1.54, 1.807) is 17.0 Å². The Morgan fingerprint density at radius 1 is 1.21 bits per heavy atom. The number of hydrogen-bond donors (Lipinski definition) is 1. The van der Waals surface area contributed by atoms with Gasteiger partial charge in [0.1, 0.15) is 5.76 Å². The number of rotatable bonds is 6. The van der Waals surface area contributed by atoms with Gasteiger partial charge in [-0.2, -0.15) is 13.2 Å². The minimum Gasteiger partial charge on any atom is -0.468 e. The Bertz CT molecular complexity index is 927. The predicted octanol–water partition coefficient (Wildman–Crippen LogP) is 2.93. The molecular weight excluding hydrogens is 397 g/mol. The van der Waals surface area contributed by atoms with E-state index in [4.69, 9.17) is 4.42 Å². The highest BCUT2D eigenvalue weighted by Crippen LogP contribution is 2.34. The van der Waals surface area contributed by atoms with Crippen LogP contribution in [0.5, 0.6) is 0 Å². The summed E-state index contributed by atoms with van der Waals surface area (Å²) in [7, 11) is -3.19. The van der Waals surface area contributed by atoms with Crippen molar-refractivity contribution < 1.29 is 30.8 Å². The van der Waals surface area contributed by atoms with Crippen LogP contribution in [-0.4, -0.2) is 43.3 Å². The monoisotopic (exact) mass is 416 g/mol. The zero-order valence-electron chi connectivity index (χ0n) is 14.8. The Balaban J connectivity index is 1.75. The third-order valence-corrected chi connectivity index (χ3v) is 6.27. The molecule has 1 aromatic heterocycles. The Kier molecular flexibility index (Phi) is 5.80. The molecule has 1 atom stereocenters. The molecule has 0 bridgehead atoms. The first-order valence-corrected chi connectivity index (χ1v) is 10.4. The molecule has 6 nitrogen and oxygen atoms in total. The number of halogens is 3.